The first-order valence-corrected chi connectivity index (χ1v) is 10.3. The van der Waals surface area contributed by atoms with E-state index in [0.29, 0.717) is 6.42 Å². The van der Waals surface area contributed by atoms with E-state index in [0.717, 1.165) is 25.7 Å². The quantitative estimate of drug-likeness (QED) is 0.144. The fourth-order valence-corrected chi connectivity index (χ4v) is 3.42. The molecule has 0 radical (unpaired) electrons. The standard InChI is InChI=1S/C20H35N3O7/c1-4-5-6-7-8-9-16(25)29-15(11-24)18(28-3)17-12(2)13(23-20(21)22)10-14(30-17)19(26)27/h10,12-13,15,17-18,24H,4-9,11H2,1-3H3,(H,26,27)(H4,21,22,23)/t12-,13+,15-,17-,18-/m1/s1. The van der Waals surface area contributed by atoms with Crippen LogP contribution in [0, 0.1) is 5.92 Å². The first kappa shape index (κ1) is 25.7. The molecule has 0 aliphatic carbocycles. The van der Waals surface area contributed by atoms with Crippen LogP contribution in [0.2, 0.25) is 0 Å². The van der Waals surface area contributed by atoms with Crippen molar-refractivity contribution in [1.29, 1.82) is 0 Å². The number of esters is 1. The van der Waals surface area contributed by atoms with Crippen molar-refractivity contribution >= 4 is 17.9 Å². The van der Waals surface area contributed by atoms with Gasteiger partial charge in [-0.3, -0.25) is 4.79 Å². The molecule has 1 aliphatic heterocycles. The Morgan fingerprint density at radius 1 is 1.27 bits per heavy atom. The van der Waals surface area contributed by atoms with E-state index in [9.17, 15) is 19.8 Å². The van der Waals surface area contributed by atoms with Gasteiger partial charge in [0.05, 0.1) is 12.6 Å². The van der Waals surface area contributed by atoms with Crippen LogP contribution in [0.15, 0.2) is 16.8 Å². The van der Waals surface area contributed by atoms with Gasteiger partial charge in [-0.05, 0) is 12.5 Å². The number of carbonyl (C=O) groups is 2. The molecular formula is C20H35N3O7. The molecule has 1 heterocycles. The van der Waals surface area contributed by atoms with Crippen molar-refractivity contribution in [3.8, 4) is 0 Å². The monoisotopic (exact) mass is 429 g/mol. The van der Waals surface area contributed by atoms with Crippen LogP contribution in [0.5, 0.6) is 0 Å². The van der Waals surface area contributed by atoms with Gasteiger partial charge in [0.15, 0.2) is 12.1 Å². The third-order valence-electron chi connectivity index (χ3n) is 5.06. The summed E-state index contributed by atoms with van der Waals surface area (Å²) in [5, 5.41) is 19.2. The molecule has 0 aromatic carbocycles. The molecule has 1 rings (SSSR count). The summed E-state index contributed by atoms with van der Waals surface area (Å²) in [6.45, 7) is 3.36. The van der Waals surface area contributed by atoms with Crippen molar-refractivity contribution in [2.75, 3.05) is 13.7 Å². The highest BCUT2D eigenvalue weighted by molar-refractivity contribution is 5.85. The zero-order valence-corrected chi connectivity index (χ0v) is 18.0. The first-order valence-electron chi connectivity index (χ1n) is 10.3. The summed E-state index contributed by atoms with van der Waals surface area (Å²) in [6, 6.07) is -0.675. The number of ether oxygens (including phenoxy) is 3. The second-order valence-electron chi connectivity index (χ2n) is 7.40. The predicted octanol–water partition coefficient (Wildman–Crippen LogP) is 0.911. The maximum atomic E-state index is 12.2. The van der Waals surface area contributed by atoms with E-state index in [-0.39, 0.29) is 18.1 Å². The van der Waals surface area contributed by atoms with E-state index in [2.05, 4.69) is 11.9 Å². The van der Waals surface area contributed by atoms with E-state index in [1.807, 2.05) is 0 Å². The lowest BCUT2D eigenvalue weighted by Crippen LogP contribution is -2.51. The van der Waals surface area contributed by atoms with Crippen LogP contribution < -0.4 is 11.5 Å². The minimum atomic E-state index is -1.29. The molecule has 0 fully saturated rings. The number of nitrogens with zero attached hydrogens (tertiary/aromatic N) is 1. The summed E-state index contributed by atoms with van der Waals surface area (Å²) in [7, 11) is 1.37. The number of rotatable bonds is 13. The van der Waals surface area contributed by atoms with Gasteiger partial charge >= 0.3 is 11.9 Å². The molecule has 0 saturated heterocycles. The molecule has 10 nitrogen and oxygen atoms in total. The lowest BCUT2D eigenvalue weighted by molar-refractivity contribution is -0.175. The van der Waals surface area contributed by atoms with E-state index < -0.39 is 48.8 Å². The first-order chi connectivity index (χ1) is 14.2. The Kier molecular flexibility index (Phi) is 11.2. The van der Waals surface area contributed by atoms with Crippen molar-refractivity contribution in [1.82, 2.24) is 0 Å². The summed E-state index contributed by atoms with van der Waals surface area (Å²) < 4.78 is 16.5. The number of nitrogens with two attached hydrogens (primary N) is 2. The minimum absolute atomic E-state index is 0.198. The predicted molar refractivity (Wildman–Crippen MR) is 110 cm³/mol. The van der Waals surface area contributed by atoms with Gasteiger partial charge in [-0.15, -0.1) is 0 Å². The second-order valence-corrected chi connectivity index (χ2v) is 7.40. The molecule has 0 spiro atoms. The normalized spacial score (nSPS) is 22.9. The third kappa shape index (κ3) is 7.83. The largest absolute Gasteiger partial charge is 0.480 e. The molecular weight excluding hydrogens is 394 g/mol. The number of aliphatic carboxylic acids is 1. The molecule has 10 heteroatoms. The van der Waals surface area contributed by atoms with Gasteiger partial charge in [-0.1, -0.05) is 39.5 Å². The highest BCUT2D eigenvalue weighted by atomic mass is 16.6. The van der Waals surface area contributed by atoms with Crippen LogP contribution in [0.25, 0.3) is 0 Å². The molecule has 0 bridgehead atoms. The van der Waals surface area contributed by atoms with E-state index in [1.165, 1.54) is 13.2 Å². The average molecular weight is 430 g/mol. The number of unbranched alkanes of at least 4 members (excludes halogenated alkanes) is 4. The van der Waals surface area contributed by atoms with Crippen molar-refractivity contribution < 1.29 is 34.0 Å². The fraction of sp³-hybridized carbons (Fsp3) is 0.750. The zero-order chi connectivity index (χ0) is 22.7. The SMILES string of the molecule is CCCCCCCC(=O)O[C@H](CO)[C@@H](OC)[C@@H]1OC(C(=O)O)=C[C@H](N=C(N)N)[C@H]1C. The average Bonchev–Trinajstić information content (AvgIpc) is 2.69. The van der Waals surface area contributed by atoms with Crippen molar-refractivity contribution in [3.05, 3.63) is 11.8 Å². The van der Waals surface area contributed by atoms with E-state index >= 15 is 0 Å². The number of hydrogen-bond donors (Lipinski definition) is 4. The summed E-state index contributed by atoms with van der Waals surface area (Å²) in [4.78, 5) is 27.8. The highest BCUT2D eigenvalue weighted by Gasteiger charge is 2.43. The van der Waals surface area contributed by atoms with Gasteiger partial charge in [0.25, 0.3) is 0 Å². The van der Waals surface area contributed by atoms with Crippen LogP contribution >= 0.6 is 0 Å². The molecule has 172 valence electrons. The number of carbonyl (C=O) groups excluding carboxylic acids is 1. The molecule has 0 amide bonds. The molecule has 1 aliphatic rings. The molecule has 6 N–H and O–H groups in total. The second kappa shape index (κ2) is 13.1. The molecule has 5 atom stereocenters. The number of methoxy groups -OCH3 is 1. The van der Waals surface area contributed by atoms with Crippen LogP contribution in [0.1, 0.15) is 52.4 Å². The summed E-state index contributed by atoms with van der Waals surface area (Å²) >= 11 is 0. The van der Waals surface area contributed by atoms with Gasteiger partial charge in [0.2, 0.25) is 5.76 Å². The fourth-order valence-electron chi connectivity index (χ4n) is 3.42. The zero-order valence-electron chi connectivity index (χ0n) is 18.0. The van der Waals surface area contributed by atoms with Crippen molar-refractivity contribution in [2.45, 2.75) is 76.7 Å². The van der Waals surface area contributed by atoms with Crippen molar-refractivity contribution in [3.63, 3.8) is 0 Å². The molecule has 0 aromatic heterocycles. The number of hydrogen-bond acceptors (Lipinski definition) is 7. The Bertz CT molecular complexity index is 620. The number of guanidine groups is 1. The molecule has 0 saturated carbocycles. The smallest absolute Gasteiger partial charge is 0.370 e. The minimum Gasteiger partial charge on any atom is -0.480 e. The lowest BCUT2D eigenvalue weighted by Gasteiger charge is -2.39. The van der Waals surface area contributed by atoms with Gasteiger partial charge in [-0.2, -0.15) is 0 Å². The Hall–Kier alpha value is -2.33. The molecule has 30 heavy (non-hydrogen) atoms. The number of aliphatic imine (C=N–C) groups is 1. The molecule has 0 unspecified atom stereocenters. The molecule has 0 aromatic rings. The van der Waals surface area contributed by atoms with Gasteiger partial charge in [0, 0.05) is 19.4 Å². The maximum Gasteiger partial charge on any atom is 0.370 e. The Balaban J connectivity index is 2.90. The summed E-state index contributed by atoms with van der Waals surface area (Å²) in [5.74, 6) is -2.69. The van der Waals surface area contributed by atoms with Gasteiger partial charge in [-0.25, -0.2) is 9.79 Å². The summed E-state index contributed by atoms with van der Waals surface area (Å²) in [5.41, 5.74) is 10.9. The van der Waals surface area contributed by atoms with Crippen LogP contribution in [-0.4, -0.2) is 66.2 Å². The Morgan fingerprint density at radius 3 is 2.47 bits per heavy atom. The van der Waals surface area contributed by atoms with Crippen molar-refractivity contribution in [2.24, 2.45) is 22.4 Å². The van der Waals surface area contributed by atoms with Gasteiger partial charge in [0.1, 0.15) is 12.2 Å². The maximum absolute atomic E-state index is 12.2. The number of aliphatic hydroxyl groups is 1. The summed E-state index contributed by atoms with van der Waals surface area (Å²) in [6.07, 6.45) is 3.63. The third-order valence-corrected chi connectivity index (χ3v) is 5.06. The van der Waals surface area contributed by atoms with E-state index in [4.69, 9.17) is 25.7 Å². The number of carboxylic acids is 1. The Morgan fingerprint density at radius 2 is 1.93 bits per heavy atom. The van der Waals surface area contributed by atoms with Crippen LogP contribution in [0.3, 0.4) is 0 Å². The van der Waals surface area contributed by atoms with Crippen LogP contribution in [0.4, 0.5) is 0 Å². The number of carboxylic acid groups (broad SMARTS) is 1. The highest BCUT2D eigenvalue weighted by Crippen LogP contribution is 2.31. The lowest BCUT2D eigenvalue weighted by atomic mass is 9.87. The Labute approximate surface area is 177 Å². The number of aliphatic hydroxyl groups excluding tert-OH is 1. The van der Waals surface area contributed by atoms with Gasteiger partial charge < -0.3 is 35.9 Å². The van der Waals surface area contributed by atoms with E-state index in [1.54, 1.807) is 6.92 Å². The topological polar surface area (TPSA) is 167 Å². The van der Waals surface area contributed by atoms with Crippen LogP contribution in [-0.2, 0) is 23.8 Å².